The Kier molecular flexibility index (Phi) is 3.33. The van der Waals surface area contributed by atoms with Crippen molar-refractivity contribution in [1.29, 1.82) is 0 Å². The fraction of sp³-hybridized carbons (Fsp3) is 0.273. The number of anilines is 1. The van der Waals surface area contributed by atoms with Gasteiger partial charge in [0.1, 0.15) is 0 Å². The summed E-state index contributed by atoms with van der Waals surface area (Å²) in [6.45, 7) is 4.10. The lowest BCUT2D eigenvalue weighted by atomic mass is 10.4. The van der Waals surface area contributed by atoms with Gasteiger partial charge in [-0.15, -0.1) is 0 Å². The van der Waals surface area contributed by atoms with Gasteiger partial charge in [-0.1, -0.05) is 0 Å². The summed E-state index contributed by atoms with van der Waals surface area (Å²) in [6.07, 6.45) is 6.68. The highest BCUT2D eigenvalue weighted by Crippen LogP contribution is 2.33. The number of hydrogen-bond donors (Lipinski definition) is 1. The van der Waals surface area contributed by atoms with Crippen LogP contribution in [0.1, 0.15) is 19.9 Å². The molecule has 6 heteroatoms. The van der Waals surface area contributed by atoms with Gasteiger partial charge in [-0.2, -0.15) is 5.10 Å². The number of hydrogen-bond acceptors (Lipinski definition) is 4. The molecule has 0 saturated carbocycles. The maximum Gasteiger partial charge on any atom is 0.167 e. The van der Waals surface area contributed by atoms with Crippen molar-refractivity contribution >= 4 is 21.6 Å². The zero-order chi connectivity index (χ0) is 12.4. The minimum Gasteiger partial charge on any atom is -0.451 e. The largest absolute Gasteiger partial charge is 0.451 e. The lowest BCUT2D eigenvalue weighted by Gasteiger charge is -2.07. The third kappa shape index (κ3) is 2.58. The van der Waals surface area contributed by atoms with E-state index in [1.54, 1.807) is 18.6 Å². The molecule has 0 aliphatic rings. The first-order valence-electron chi connectivity index (χ1n) is 5.19. The zero-order valence-corrected chi connectivity index (χ0v) is 11.2. The standard InChI is InChI=1S/C11H13BrN4O/c1-7(2)16-6-8(3-15-16)17-11-9(12)4-14-5-10(11)13/h3-7H,13H2,1-2H3. The predicted octanol–water partition coefficient (Wildman–Crippen LogP) is 3.00. The maximum atomic E-state index is 5.79. The number of aromatic nitrogens is 3. The van der Waals surface area contributed by atoms with E-state index in [1.165, 1.54) is 0 Å². The number of nitrogen functional groups attached to an aromatic ring is 1. The number of rotatable bonds is 3. The molecule has 2 aromatic rings. The van der Waals surface area contributed by atoms with Crippen LogP contribution < -0.4 is 10.5 Å². The number of ether oxygens (including phenoxy) is 1. The average molecular weight is 297 g/mol. The molecule has 90 valence electrons. The molecular weight excluding hydrogens is 284 g/mol. The van der Waals surface area contributed by atoms with Crippen molar-refractivity contribution in [3.63, 3.8) is 0 Å². The van der Waals surface area contributed by atoms with Crippen LogP contribution in [-0.2, 0) is 0 Å². The van der Waals surface area contributed by atoms with Crippen molar-refractivity contribution < 1.29 is 4.74 Å². The summed E-state index contributed by atoms with van der Waals surface area (Å²) in [6, 6.07) is 0.297. The Morgan fingerprint density at radius 3 is 2.71 bits per heavy atom. The molecule has 0 unspecified atom stereocenters. The van der Waals surface area contributed by atoms with Crippen LogP contribution in [0.4, 0.5) is 5.69 Å². The summed E-state index contributed by atoms with van der Waals surface area (Å²) in [5, 5.41) is 4.19. The number of nitrogens with two attached hydrogens (primary N) is 1. The van der Waals surface area contributed by atoms with E-state index in [0.717, 1.165) is 4.47 Å². The van der Waals surface area contributed by atoms with E-state index in [0.29, 0.717) is 23.2 Å². The number of halogens is 1. The summed E-state index contributed by atoms with van der Waals surface area (Å²) in [5.41, 5.74) is 6.27. The van der Waals surface area contributed by atoms with E-state index in [9.17, 15) is 0 Å². The second-order valence-corrected chi connectivity index (χ2v) is 4.75. The van der Waals surface area contributed by atoms with E-state index in [4.69, 9.17) is 10.5 Å². The van der Waals surface area contributed by atoms with Crippen LogP contribution in [0, 0.1) is 0 Å². The van der Waals surface area contributed by atoms with E-state index in [-0.39, 0.29) is 0 Å². The van der Waals surface area contributed by atoms with Crippen molar-refractivity contribution in [3.05, 3.63) is 29.3 Å². The Morgan fingerprint density at radius 2 is 2.12 bits per heavy atom. The summed E-state index contributed by atoms with van der Waals surface area (Å²) in [7, 11) is 0. The van der Waals surface area contributed by atoms with Crippen LogP contribution in [-0.4, -0.2) is 14.8 Å². The van der Waals surface area contributed by atoms with Crippen LogP contribution in [0.2, 0.25) is 0 Å². The molecule has 0 atom stereocenters. The van der Waals surface area contributed by atoms with Gasteiger partial charge >= 0.3 is 0 Å². The summed E-state index contributed by atoms with van der Waals surface area (Å²) >= 11 is 3.35. The molecule has 0 aromatic carbocycles. The molecule has 2 N–H and O–H groups in total. The Bertz CT molecular complexity index is 504. The van der Waals surface area contributed by atoms with E-state index in [1.807, 2.05) is 24.7 Å². The SMILES string of the molecule is CC(C)n1cc(Oc2c(N)cncc2Br)cn1. The molecule has 0 aliphatic heterocycles. The van der Waals surface area contributed by atoms with Crippen molar-refractivity contribution in [2.45, 2.75) is 19.9 Å². The van der Waals surface area contributed by atoms with Gasteiger partial charge in [0.15, 0.2) is 11.5 Å². The van der Waals surface area contributed by atoms with Crippen molar-refractivity contribution in [1.82, 2.24) is 14.8 Å². The van der Waals surface area contributed by atoms with E-state index >= 15 is 0 Å². The fourth-order valence-corrected chi connectivity index (χ4v) is 1.75. The van der Waals surface area contributed by atoms with E-state index < -0.39 is 0 Å². The highest BCUT2D eigenvalue weighted by atomic mass is 79.9. The number of nitrogens with zero attached hydrogens (tertiary/aromatic N) is 3. The van der Waals surface area contributed by atoms with Crippen LogP contribution in [0.5, 0.6) is 11.5 Å². The van der Waals surface area contributed by atoms with Gasteiger partial charge in [0, 0.05) is 12.2 Å². The number of pyridine rings is 1. The molecular formula is C11H13BrN4O. The monoisotopic (exact) mass is 296 g/mol. The maximum absolute atomic E-state index is 5.79. The topological polar surface area (TPSA) is 66.0 Å². The molecule has 2 rings (SSSR count). The zero-order valence-electron chi connectivity index (χ0n) is 9.59. The molecule has 2 heterocycles. The third-order valence-electron chi connectivity index (χ3n) is 2.21. The van der Waals surface area contributed by atoms with Crippen molar-refractivity contribution in [2.24, 2.45) is 0 Å². The molecule has 0 bridgehead atoms. The lowest BCUT2D eigenvalue weighted by Crippen LogP contribution is -1.99. The third-order valence-corrected chi connectivity index (χ3v) is 2.77. The molecule has 0 fully saturated rings. The summed E-state index contributed by atoms with van der Waals surface area (Å²) in [5.74, 6) is 1.21. The quantitative estimate of drug-likeness (QED) is 0.945. The summed E-state index contributed by atoms with van der Waals surface area (Å²) in [4.78, 5) is 3.95. The molecule has 5 nitrogen and oxygen atoms in total. The Morgan fingerprint density at radius 1 is 1.35 bits per heavy atom. The van der Waals surface area contributed by atoms with Gasteiger partial charge in [0.05, 0.1) is 28.8 Å². The Labute approximate surface area is 108 Å². The van der Waals surface area contributed by atoms with Gasteiger partial charge in [0.2, 0.25) is 0 Å². The first-order chi connectivity index (χ1) is 8.08. The highest BCUT2D eigenvalue weighted by Gasteiger charge is 2.09. The molecule has 0 spiro atoms. The van der Waals surface area contributed by atoms with Crippen molar-refractivity contribution in [2.75, 3.05) is 5.73 Å². The first kappa shape index (κ1) is 11.9. The minimum atomic E-state index is 0.297. The second kappa shape index (κ2) is 4.75. The van der Waals surface area contributed by atoms with Crippen LogP contribution in [0.3, 0.4) is 0 Å². The molecule has 0 aliphatic carbocycles. The van der Waals surface area contributed by atoms with Crippen LogP contribution >= 0.6 is 15.9 Å². The highest BCUT2D eigenvalue weighted by molar-refractivity contribution is 9.10. The van der Waals surface area contributed by atoms with Gasteiger partial charge in [-0.25, -0.2) is 0 Å². The van der Waals surface area contributed by atoms with Crippen molar-refractivity contribution in [3.8, 4) is 11.5 Å². The van der Waals surface area contributed by atoms with Gasteiger partial charge in [-0.3, -0.25) is 9.67 Å². The molecule has 0 saturated heterocycles. The summed E-state index contributed by atoms with van der Waals surface area (Å²) < 4.78 is 8.21. The van der Waals surface area contributed by atoms with Crippen LogP contribution in [0.15, 0.2) is 29.3 Å². The van der Waals surface area contributed by atoms with Crippen LogP contribution in [0.25, 0.3) is 0 Å². The minimum absolute atomic E-state index is 0.297. The molecule has 0 radical (unpaired) electrons. The Hall–Kier alpha value is -1.56. The predicted molar refractivity (Wildman–Crippen MR) is 69.0 cm³/mol. The second-order valence-electron chi connectivity index (χ2n) is 3.89. The molecule has 0 amide bonds. The van der Waals surface area contributed by atoms with Gasteiger partial charge < -0.3 is 10.5 Å². The average Bonchev–Trinajstić information content (AvgIpc) is 2.72. The van der Waals surface area contributed by atoms with Gasteiger partial charge in [0.25, 0.3) is 0 Å². The fourth-order valence-electron chi connectivity index (χ4n) is 1.32. The normalized spacial score (nSPS) is 10.8. The lowest BCUT2D eigenvalue weighted by molar-refractivity contribution is 0.476. The smallest absolute Gasteiger partial charge is 0.167 e. The Balaban J connectivity index is 2.25. The first-order valence-corrected chi connectivity index (χ1v) is 5.98. The molecule has 2 aromatic heterocycles. The van der Waals surface area contributed by atoms with E-state index in [2.05, 4.69) is 26.0 Å². The molecule has 17 heavy (non-hydrogen) atoms. The van der Waals surface area contributed by atoms with Gasteiger partial charge in [-0.05, 0) is 29.8 Å².